The first-order valence-corrected chi connectivity index (χ1v) is 9.38. The molecule has 0 bridgehead atoms. The minimum absolute atomic E-state index is 0.133. The molecule has 1 aliphatic rings. The highest BCUT2D eigenvalue weighted by atomic mass is 35.5. The maximum Gasteiger partial charge on any atom is 0.338 e. The van der Waals surface area contributed by atoms with Crippen LogP contribution in [0.2, 0.25) is 5.02 Å². The summed E-state index contributed by atoms with van der Waals surface area (Å²) in [5, 5.41) is 3.15. The summed E-state index contributed by atoms with van der Waals surface area (Å²) in [6, 6.07) is 11.1. The van der Waals surface area contributed by atoms with Gasteiger partial charge in [0.05, 0.1) is 11.3 Å². The third-order valence-corrected chi connectivity index (χ3v) is 4.74. The predicted octanol–water partition coefficient (Wildman–Crippen LogP) is 3.49. The van der Waals surface area contributed by atoms with Crippen LogP contribution in [0.3, 0.4) is 0 Å². The molecule has 1 heterocycles. The molecule has 8 heteroatoms. The Hall–Kier alpha value is -3.19. The molecule has 3 rings (SSSR count). The van der Waals surface area contributed by atoms with Crippen LogP contribution in [0.15, 0.2) is 42.5 Å². The van der Waals surface area contributed by atoms with Crippen LogP contribution in [0.4, 0.5) is 11.4 Å². The predicted molar refractivity (Wildman–Crippen MR) is 108 cm³/mol. The Morgan fingerprint density at radius 3 is 2.48 bits per heavy atom. The van der Waals surface area contributed by atoms with E-state index in [0.29, 0.717) is 16.4 Å². The third-order valence-electron chi connectivity index (χ3n) is 4.50. The van der Waals surface area contributed by atoms with Gasteiger partial charge in [0, 0.05) is 23.6 Å². The number of hydrogen-bond acceptors (Lipinski definition) is 5. The topological polar surface area (TPSA) is 92.8 Å². The first kappa shape index (κ1) is 20.5. The lowest BCUT2D eigenvalue weighted by molar-refractivity contribution is -0.124. The maximum atomic E-state index is 12.5. The quantitative estimate of drug-likeness (QED) is 0.597. The number of imide groups is 1. The van der Waals surface area contributed by atoms with Crippen LogP contribution in [-0.4, -0.2) is 29.8 Å². The van der Waals surface area contributed by atoms with Gasteiger partial charge in [0.15, 0.2) is 6.10 Å². The van der Waals surface area contributed by atoms with Crippen molar-refractivity contribution in [1.29, 1.82) is 0 Å². The number of halogens is 1. The number of benzene rings is 2. The Kier molecular flexibility index (Phi) is 5.98. The molecule has 7 nitrogen and oxygen atoms in total. The summed E-state index contributed by atoms with van der Waals surface area (Å²) in [4.78, 5) is 49.6. The Labute approximate surface area is 172 Å². The molecule has 2 aromatic rings. The van der Waals surface area contributed by atoms with Crippen LogP contribution in [0, 0.1) is 6.92 Å². The number of esters is 1. The normalized spacial score (nSPS) is 14.7. The summed E-state index contributed by atoms with van der Waals surface area (Å²) in [6.45, 7) is 3.26. The highest BCUT2D eigenvalue weighted by Crippen LogP contribution is 2.24. The molecule has 1 aliphatic heterocycles. The van der Waals surface area contributed by atoms with Gasteiger partial charge < -0.3 is 10.1 Å². The molecule has 2 aromatic carbocycles. The van der Waals surface area contributed by atoms with Gasteiger partial charge in [-0.05, 0) is 49.7 Å². The number of rotatable bonds is 5. The lowest BCUT2D eigenvalue weighted by Crippen LogP contribution is -2.31. The zero-order chi connectivity index (χ0) is 21.1. The van der Waals surface area contributed by atoms with E-state index in [1.165, 1.54) is 19.1 Å². The molecule has 0 aliphatic carbocycles. The summed E-state index contributed by atoms with van der Waals surface area (Å²) in [6.07, 6.45) is -0.777. The van der Waals surface area contributed by atoms with Crippen molar-refractivity contribution in [3.05, 3.63) is 58.6 Å². The van der Waals surface area contributed by atoms with Crippen molar-refractivity contribution in [1.82, 2.24) is 0 Å². The van der Waals surface area contributed by atoms with Crippen LogP contribution in [0.1, 0.15) is 35.7 Å². The van der Waals surface area contributed by atoms with Gasteiger partial charge in [0.2, 0.25) is 11.8 Å². The minimum Gasteiger partial charge on any atom is -0.449 e. The average molecular weight is 415 g/mol. The molecule has 1 atom stereocenters. The minimum atomic E-state index is -1.07. The van der Waals surface area contributed by atoms with E-state index in [1.807, 2.05) is 6.92 Å². The van der Waals surface area contributed by atoms with Crippen molar-refractivity contribution in [2.45, 2.75) is 32.8 Å². The van der Waals surface area contributed by atoms with E-state index < -0.39 is 18.0 Å². The van der Waals surface area contributed by atoms with Crippen molar-refractivity contribution < 1.29 is 23.9 Å². The van der Waals surface area contributed by atoms with E-state index in [4.69, 9.17) is 16.3 Å². The van der Waals surface area contributed by atoms with Gasteiger partial charge in [-0.25, -0.2) is 4.79 Å². The van der Waals surface area contributed by atoms with Gasteiger partial charge >= 0.3 is 5.97 Å². The number of carbonyl (C=O) groups excluding carboxylic acids is 4. The number of anilines is 2. The maximum absolute atomic E-state index is 12.5. The van der Waals surface area contributed by atoms with Gasteiger partial charge in [-0.2, -0.15) is 0 Å². The fraction of sp³-hybridized carbons (Fsp3) is 0.238. The van der Waals surface area contributed by atoms with Gasteiger partial charge in [0.25, 0.3) is 5.91 Å². The van der Waals surface area contributed by atoms with Crippen LogP contribution >= 0.6 is 11.6 Å². The smallest absolute Gasteiger partial charge is 0.338 e. The largest absolute Gasteiger partial charge is 0.449 e. The molecular formula is C21H19ClN2O5. The number of amides is 3. The summed E-state index contributed by atoms with van der Waals surface area (Å²) < 4.78 is 5.24. The average Bonchev–Trinajstić information content (AvgIpc) is 3.02. The Morgan fingerprint density at radius 1 is 1.10 bits per heavy atom. The zero-order valence-electron chi connectivity index (χ0n) is 15.9. The molecule has 29 heavy (non-hydrogen) atoms. The molecular weight excluding hydrogens is 396 g/mol. The van der Waals surface area contributed by atoms with E-state index in [-0.39, 0.29) is 30.2 Å². The van der Waals surface area contributed by atoms with Crippen molar-refractivity contribution in [2.75, 3.05) is 10.2 Å². The Balaban J connectivity index is 1.69. The van der Waals surface area contributed by atoms with Gasteiger partial charge in [-0.15, -0.1) is 0 Å². The first-order valence-electron chi connectivity index (χ1n) is 9.00. The molecule has 3 amide bonds. The Bertz CT molecular complexity index is 988. The summed E-state index contributed by atoms with van der Waals surface area (Å²) in [7, 11) is 0. The number of hydrogen-bond donors (Lipinski definition) is 1. The Morgan fingerprint density at radius 2 is 1.79 bits per heavy atom. The molecule has 0 aromatic heterocycles. The highest BCUT2D eigenvalue weighted by molar-refractivity contribution is 6.31. The fourth-order valence-corrected chi connectivity index (χ4v) is 3.05. The van der Waals surface area contributed by atoms with Crippen LogP contribution in [0.25, 0.3) is 0 Å². The van der Waals surface area contributed by atoms with Crippen LogP contribution < -0.4 is 10.2 Å². The standard InChI is InChI=1S/C21H19ClN2O5/c1-12-6-7-15(22)11-17(12)23-20(27)13(2)29-21(28)14-4-3-5-16(10-14)24-18(25)8-9-19(24)26/h3-7,10-11,13H,8-9H2,1-2H3,(H,23,27)/t13-/m1/s1. The lowest BCUT2D eigenvalue weighted by atomic mass is 10.2. The SMILES string of the molecule is Cc1ccc(Cl)cc1NC(=O)[C@@H](C)OC(=O)c1cccc(N2C(=O)CCC2=O)c1. The molecule has 1 saturated heterocycles. The zero-order valence-corrected chi connectivity index (χ0v) is 16.7. The number of carbonyl (C=O) groups is 4. The summed E-state index contributed by atoms with van der Waals surface area (Å²) >= 11 is 5.94. The van der Waals surface area contributed by atoms with E-state index in [0.717, 1.165) is 10.5 Å². The van der Waals surface area contributed by atoms with E-state index in [2.05, 4.69) is 5.32 Å². The first-order chi connectivity index (χ1) is 13.8. The molecule has 0 unspecified atom stereocenters. The van der Waals surface area contributed by atoms with Crippen molar-refractivity contribution in [3.8, 4) is 0 Å². The van der Waals surface area contributed by atoms with Crippen LogP contribution in [-0.2, 0) is 19.1 Å². The van der Waals surface area contributed by atoms with E-state index in [9.17, 15) is 19.2 Å². The number of nitrogens with one attached hydrogen (secondary N) is 1. The molecule has 0 radical (unpaired) electrons. The molecule has 1 N–H and O–H groups in total. The molecule has 0 saturated carbocycles. The monoisotopic (exact) mass is 414 g/mol. The molecule has 150 valence electrons. The van der Waals surface area contributed by atoms with Gasteiger partial charge in [-0.3, -0.25) is 19.3 Å². The van der Waals surface area contributed by atoms with E-state index >= 15 is 0 Å². The van der Waals surface area contributed by atoms with Gasteiger partial charge in [-0.1, -0.05) is 23.7 Å². The van der Waals surface area contributed by atoms with E-state index in [1.54, 1.807) is 30.3 Å². The second-order valence-electron chi connectivity index (χ2n) is 6.67. The van der Waals surface area contributed by atoms with Crippen molar-refractivity contribution in [3.63, 3.8) is 0 Å². The third kappa shape index (κ3) is 4.63. The number of aryl methyl sites for hydroxylation is 1. The van der Waals surface area contributed by atoms with Crippen molar-refractivity contribution >= 4 is 46.7 Å². The van der Waals surface area contributed by atoms with Gasteiger partial charge in [0.1, 0.15) is 0 Å². The number of nitrogens with zero attached hydrogens (tertiary/aromatic N) is 1. The van der Waals surface area contributed by atoms with Crippen LogP contribution in [0.5, 0.6) is 0 Å². The second-order valence-corrected chi connectivity index (χ2v) is 7.11. The highest BCUT2D eigenvalue weighted by Gasteiger charge is 2.30. The fourth-order valence-electron chi connectivity index (χ4n) is 2.88. The molecule has 1 fully saturated rings. The molecule has 0 spiro atoms. The summed E-state index contributed by atoms with van der Waals surface area (Å²) in [5.74, 6) is -1.88. The van der Waals surface area contributed by atoms with Crippen molar-refractivity contribution in [2.24, 2.45) is 0 Å². The lowest BCUT2D eigenvalue weighted by Gasteiger charge is -2.17. The summed E-state index contributed by atoms with van der Waals surface area (Å²) in [5.41, 5.74) is 1.78. The number of ether oxygens (including phenoxy) is 1. The second kappa shape index (κ2) is 8.45.